The van der Waals surface area contributed by atoms with Crippen LogP contribution in [0, 0.1) is 0 Å². The summed E-state index contributed by atoms with van der Waals surface area (Å²) in [4.78, 5) is 11.5. The normalized spacial score (nSPS) is 13.0. The molecule has 0 bridgehead atoms. The van der Waals surface area contributed by atoms with Crippen LogP contribution < -0.4 is 5.43 Å². The molecule has 1 aromatic carbocycles. The summed E-state index contributed by atoms with van der Waals surface area (Å²) >= 11 is 0. The molecule has 0 aliphatic heterocycles. The number of rotatable bonds is 6. The summed E-state index contributed by atoms with van der Waals surface area (Å²) in [7, 11) is 1.18. The number of halogens is 7. The molecule has 0 saturated carbocycles. The van der Waals surface area contributed by atoms with Crippen LogP contribution >= 0.6 is 0 Å². The van der Waals surface area contributed by atoms with Gasteiger partial charge in [0.25, 0.3) is 0 Å². The predicted molar refractivity (Wildman–Crippen MR) is 82.2 cm³/mol. The second-order valence-corrected chi connectivity index (χ2v) is 5.29. The van der Waals surface area contributed by atoms with Crippen LogP contribution in [0.4, 0.5) is 30.7 Å². The summed E-state index contributed by atoms with van der Waals surface area (Å²) < 4.78 is 97.4. The average molecular weight is 412 g/mol. The molecule has 1 heterocycles. The quantitative estimate of drug-likeness (QED) is 0.250. The minimum atomic E-state index is -6.47. The Bertz CT molecular complexity index is 875. The van der Waals surface area contributed by atoms with E-state index in [1.165, 1.54) is 37.4 Å². The summed E-state index contributed by atoms with van der Waals surface area (Å²) in [6, 6.07) is 2.80. The smallest absolute Gasteiger partial charge is 0.462 e. The van der Waals surface area contributed by atoms with E-state index in [0.29, 0.717) is 17.2 Å². The molecule has 0 atom stereocenters. The van der Waals surface area contributed by atoms with Crippen LogP contribution in [0.2, 0.25) is 0 Å². The van der Waals surface area contributed by atoms with Gasteiger partial charge in [-0.05, 0) is 24.3 Å². The molecule has 0 saturated heterocycles. The fourth-order valence-corrected chi connectivity index (χ4v) is 1.92. The Labute approximate surface area is 152 Å². The monoisotopic (exact) mass is 412 g/mol. The molecule has 1 N–H and O–H groups in total. The van der Waals surface area contributed by atoms with Crippen molar-refractivity contribution in [1.29, 1.82) is 0 Å². The number of benzene rings is 1. The Morgan fingerprint density at radius 3 is 2.39 bits per heavy atom. The number of hydrogen-bond donors (Lipinski definition) is 1. The van der Waals surface area contributed by atoms with Gasteiger partial charge in [-0.3, -0.25) is 0 Å². The van der Waals surface area contributed by atoms with E-state index < -0.39 is 24.1 Å². The van der Waals surface area contributed by atoms with Gasteiger partial charge in [0.1, 0.15) is 11.5 Å². The summed E-state index contributed by atoms with van der Waals surface area (Å²) in [6.45, 7) is 0. The highest BCUT2D eigenvalue weighted by atomic mass is 19.4. The van der Waals surface area contributed by atoms with Crippen LogP contribution in [0.15, 0.2) is 45.9 Å². The van der Waals surface area contributed by atoms with E-state index in [4.69, 9.17) is 4.42 Å². The molecule has 152 valence electrons. The molecule has 0 radical (unpaired) electrons. The first kappa shape index (κ1) is 21.3. The van der Waals surface area contributed by atoms with Crippen molar-refractivity contribution in [1.82, 2.24) is 5.43 Å². The van der Waals surface area contributed by atoms with Crippen LogP contribution in [0.1, 0.15) is 16.1 Å². The second kappa shape index (κ2) is 7.52. The van der Waals surface area contributed by atoms with Crippen molar-refractivity contribution >= 4 is 12.2 Å². The molecule has 0 aliphatic carbocycles. The highest BCUT2D eigenvalue weighted by Crippen LogP contribution is 2.45. The lowest BCUT2D eigenvalue weighted by molar-refractivity contribution is -0.361. The minimum Gasteiger partial charge on any atom is -0.465 e. The standard InChI is InChI=1S/C16H11F7N2O3/c1-27-13(26)10-4-2-3-9(7-10)12-6-5-11(28-12)8-24-25-16(22,23)14(17,18)15(19,20)21/h2-8,25H,1H3/b24-8-. The SMILES string of the molecule is COC(=O)c1cccc(-c2ccc(/C=N\NC(F)(F)C(F)(F)C(F)(F)F)o2)c1. The Balaban J connectivity index is 2.14. The highest BCUT2D eigenvalue weighted by molar-refractivity contribution is 5.90. The lowest BCUT2D eigenvalue weighted by Gasteiger charge is -2.27. The number of alkyl halides is 7. The van der Waals surface area contributed by atoms with E-state index in [-0.39, 0.29) is 17.1 Å². The number of carbonyl (C=O) groups is 1. The van der Waals surface area contributed by atoms with E-state index in [9.17, 15) is 35.5 Å². The number of nitrogens with one attached hydrogen (secondary N) is 1. The van der Waals surface area contributed by atoms with Crippen molar-refractivity contribution in [2.75, 3.05) is 7.11 Å². The van der Waals surface area contributed by atoms with Gasteiger partial charge in [-0.25, -0.2) is 10.2 Å². The van der Waals surface area contributed by atoms with E-state index >= 15 is 0 Å². The van der Waals surface area contributed by atoms with Gasteiger partial charge >= 0.3 is 24.1 Å². The molecule has 2 rings (SSSR count). The van der Waals surface area contributed by atoms with Gasteiger partial charge in [-0.15, -0.1) is 0 Å². The first-order valence-corrected chi connectivity index (χ1v) is 7.30. The summed E-state index contributed by atoms with van der Waals surface area (Å²) in [5, 5.41) is 2.69. The van der Waals surface area contributed by atoms with Crippen LogP contribution in [-0.4, -0.2) is 37.4 Å². The third-order valence-corrected chi connectivity index (χ3v) is 3.34. The first-order valence-electron chi connectivity index (χ1n) is 7.30. The number of hydrogen-bond acceptors (Lipinski definition) is 5. The van der Waals surface area contributed by atoms with Gasteiger partial charge < -0.3 is 9.15 Å². The Kier molecular flexibility index (Phi) is 5.71. The number of nitrogens with zero attached hydrogens (tertiary/aromatic N) is 1. The molecule has 0 unspecified atom stereocenters. The lowest BCUT2D eigenvalue weighted by atomic mass is 10.1. The van der Waals surface area contributed by atoms with Crippen molar-refractivity contribution < 1.29 is 44.7 Å². The fourth-order valence-electron chi connectivity index (χ4n) is 1.92. The number of furan rings is 1. The van der Waals surface area contributed by atoms with Crippen molar-refractivity contribution in [2.45, 2.75) is 18.1 Å². The van der Waals surface area contributed by atoms with Gasteiger partial charge in [0.05, 0.1) is 18.9 Å². The number of carbonyl (C=O) groups excluding carboxylic acids is 1. The van der Waals surface area contributed by atoms with Crippen molar-refractivity contribution in [3.63, 3.8) is 0 Å². The van der Waals surface area contributed by atoms with E-state index in [1.807, 2.05) is 0 Å². The first-order chi connectivity index (χ1) is 12.9. The van der Waals surface area contributed by atoms with Crippen LogP contribution in [0.5, 0.6) is 0 Å². The summed E-state index contributed by atoms with van der Waals surface area (Å²) in [5.74, 6) is -7.02. The third kappa shape index (κ3) is 4.26. The Morgan fingerprint density at radius 2 is 1.79 bits per heavy atom. The van der Waals surface area contributed by atoms with Gasteiger partial charge in [-0.2, -0.15) is 35.8 Å². The van der Waals surface area contributed by atoms with Crippen molar-refractivity contribution in [3.8, 4) is 11.3 Å². The highest BCUT2D eigenvalue weighted by Gasteiger charge is 2.73. The van der Waals surface area contributed by atoms with Crippen molar-refractivity contribution in [2.24, 2.45) is 5.10 Å². The van der Waals surface area contributed by atoms with Gasteiger partial charge in [0, 0.05) is 5.56 Å². The molecule has 5 nitrogen and oxygen atoms in total. The zero-order valence-corrected chi connectivity index (χ0v) is 13.9. The largest absolute Gasteiger partial charge is 0.465 e. The predicted octanol–water partition coefficient (Wildman–Crippen LogP) is 4.45. The number of ether oxygens (including phenoxy) is 1. The number of esters is 1. The van der Waals surface area contributed by atoms with Crippen molar-refractivity contribution in [3.05, 3.63) is 47.7 Å². The summed E-state index contributed by atoms with van der Waals surface area (Å²) in [6.07, 6.45) is -5.98. The Hall–Kier alpha value is -3.05. The Morgan fingerprint density at radius 1 is 1.11 bits per heavy atom. The summed E-state index contributed by atoms with van der Waals surface area (Å²) in [5.41, 5.74) is 1.07. The zero-order valence-electron chi connectivity index (χ0n) is 13.9. The molecule has 2 aromatic rings. The number of hydrazone groups is 1. The molecule has 1 aromatic heterocycles. The zero-order chi connectivity index (χ0) is 21.2. The topological polar surface area (TPSA) is 63.8 Å². The third-order valence-electron chi connectivity index (χ3n) is 3.34. The van der Waals surface area contributed by atoms with Gasteiger partial charge in [0.2, 0.25) is 0 Å². The van der Waals surface area contributed by atoms with Gasteiger partial charge in [0.15, 0.2) is 0 Å². The molecular formula is C16H11F7N2O3. The van der Waals surface area contributed by atoms with E-state index in [0.717, 1.165) is 0 Å². The molecule has 0 aliphatic rings. The maximum absolute atomic E-state index is 13.1. The lowest BCUT2D eigenvalue weighted by Crippen LogP contribution is -2.58. The molecule has 0 fully saturated rings. The average Bonchev–Trinajstić information content (AvgIpc) is 3.08. The van der Waals surface area contributed by atoms with E-state index in [2.05, 4.69) is 9.84 Å². The van der Waals surface area contributed by atoms with E-state index in [1.54, 1.807) is 6.07 Å². The fraction of sp³-hybridized carbons (Fsp3) is 0.250. The maximum Gasteiger partial charge on any atom is 0.462 e. The second-order valence-electron chi connectivity index (χ2n) is 5.29. The molecule has 28 heavy (non-hydrogen) atoms. The molecule has 0 amide bonds. The number of methoxy groups -OCH3 is 1. The van der Waals surface area contributed by atoms with Crippen LogP contribution in [0.3, 0.4) is 0 Å². The van der Waals surface area contributed by atoms with Gasteiger partial charge in [-0.1, -0.05) is 12.1 Å². The maximum atomic E-state index is 13.1. The molecule has 12 heteroatoms. The van der Waals surface area contributed by atoms with Crippen LogP contribution in [-0.2, 0) is 4.74 Å². The minimum absolute atomic E-state index is 0.152. The molecular weight excluding hydrogens is 401 g/mol. The molecule has 0 spiro atoms. The van der Waals surface area contributed by atoms with Crippen LogP contribution in [0.25, 0.3) is 11.3 Å².